The number of aryl methyl sites for hydroxylation is 1. The maximum atomic E-state index is 17.0. The number of benzene rings is 3. The van der Waals surface area contributed by atoms with E-state index in [1.54, 1.807) is 11.0 Å². The largest absolute Gasteiger partial charge is 0.508 e. The Balaban J connectivity index is 1.35. The Morgan fingerprint density at radius 2 is 2.02 bits per heavy atom. The number of nitrogens with zero attached hydrogens (tertiary/aromatic N) is 5. The Bertz CT molecular complexity index is 2230. The highest BCUT2D eigenvalue weighted by Crippen LogP contribution is 2.43. The zero-order valence-corrected chi connectivity index (χ0v) is 25.8. The van der Waals surface area contributed by atoms with Crippen LogP contribution in [0.15, 0.2) is 48.7 Å². The van der Waals surface area contributed by atoms with Gasteiger partial charge in [-0.25, -0.2) is 13.2 Å². The molecule has 47 heavy (non-hydrogen) atoms. The fraction of sp³-hybridized carbons (Fsp3) is 0.306. The first-order chi connectivity index (χ1) is 23.5. The number of alkyl halides is 1. The van der Waals surface area contributed by atoms with Gasteiger partial charge in [-0.3, -0.25) is 9.88 Å². The van der Waals surface area contributed by atoms with Gasteiger partial charge in [-0.05, 0) is 79.6 Å². The van der Waals surface area contributed by atoms with Crippen LogP contribution in [0.3, 0.4) is 0 Å². The third kappa shape index (κ3) is 4.91. The van der Waals surface area contributed by atoms with Gasteiger partial charge >= 0.3 is 6.01 Å². The van der Waals surface area contributed by atoms with E-state index in [-0.39, 0.29) is 57.6 Å². The summed E-state index contributed by atoms with van der Waals surface area (Å²) >= 11 is 6.31. The zero-order chi connectivity index (χ0) is 34.2. The first-order valence-corrected chi connectivity index (χ1v) is 15.8. The monoisotopic (exact) mass is 657 g/mol. The smallest absolute Gasteiger partial charge is 0.319 e. The van der Waals surface area contributed by atoms with Crippen molar-refractivity contribution in [3.8, 4) is 35.4 Å². The van der Waals surface area contributed by atoms with Crippen LogP contribution in [-0.4, -0.2) is 62.9 Å². The summed E-state index contributed by atoms with van der Waals surface area (Å²) in [7, 11) is 0. The fourth-order valence-electron chi connectivity index (χ4n) is 7.40. The molecule has 3 aliphatic heterocycles. The van der Waals surface area contributed by atoms with Crippen LogP contribution < -0.4 is 9.64 Å². The summed E-state index contributed by atoms with van der Waals surface area (Å²) in [5.41, 5.74) is -0.108. The van der Waals surface area contributed by atoms with Gasteiger partial charge in [0.05, 0.1) is 19.2 Å². The number of aromatic hydroxyl groups is 1. The van der Waals surface area contributed by atoms with Crippen LogP contribution in [0.4, 0.5) is 24.7 Å². The van der Waals surface area contributed by atoms with Gasteiger partial charge in [0, 0.05) is 47.4 Å². The minimum atomic E-state index is -2.43. The van der Waals surface area contributed by atoms with E-state index in [1.165, 1.54) is 30.5 Å². The van der Waals surface area contributed by atoms with Crippen LogP contribution in [0.2, 0.25) is 5.02 Å². The second-order valence-electron chi connectivity index (χ2n) is 12.3. The van der Waals surface area contributed by atoms with Gasteiger partial charge in [0.25, 0.3) is 0 Å². The normalized spacial score (nSPS) is 21.8. The zero-order valence-electron chi connectivity index (χ0n) is 27.0. The molecule has 5 heterocycles. The molecule has 0 spiro atoms. The molecular weight excluding hydrogens is 627 g/mol. The molecule has 2 saturated heterocycles. The number of pyridine rings is 1. The molecule has 5 aromatic rings. The molecule has 0 amide bonds. The highest BCUT2D eigenvalue weighted by Gasteiger charge is 2.49. The van der Waals surface area contributed by atoms with E-state index in [1.807, 2.05) is 17.0 Å². The van der Waals surface area contributed by atoms with Gasteiger partial charge in [0.1, 0.15) is 41.3 Å². The highest BCUT2D eigenvalue weighted by molar-refractivity contribution is 6.30. The number of terminal acetylenes is 1. The fourth-order valence-corrected chi connectivity index (χ4v) is 7.59. The minimum Gasteiger partial charge on any atom is -0.508 e. The molecular formula is C36H29ClF3N5O2. The lowest BCUT2D eigenvalue weighted by molar-refractivity contribution is 0.107. The SMILES string of the molecule is [2H]C([2H])(Oc1nc(N2CCCc3cc(Cl)ccc32)c2cnc(-c3cc(O)cc4ccc(F)c(C#C)c34)c(F)c2n1)[C@@]12CCCN1C[C@H](F)C2. The van der Waals surface area contributed by atoms with Crippen molar-refractivity contribution >= 4 is 44.8 Å². The van der Waals surface area contributed by atoms with Gasteiger partial charge in [0.2, 0.25) is 0 Å². The summed E-state index contributed by atoms with van der Waals surface area (Å²) in [6.45, 7) is -1.32. The molecule has 1 N–H and O–H groups in total. The van der Waals surface area contributed by atoms with E-state index in [2.05, 4.69) is 20.9 Å². The van der Waals surface area contributed by atoms with Crippen molar-refractivity contribution in [2.75, 3.05) is 31.1 Å². The van der Waals surface area contributed by atoms with Gasteiger partial charge in [-0.2, -0.15) is 9.97 Å². The number of anilines is 2. The van der Waals surface area contributed by atoms with Crippen molar-refractivity contribution in [1.29, 1.82) is 0 Å². The van der Waals surface area contributed by atoms with Crippen molar-refractivity contribution in [3.63, 3.8) is 0 Å². The summed E-state index contributed by atoms with van der Waals surface area (Å²) in [4.78, 5) is 17.2. The Hall–Kier alpha value is -4.59. The Morgan fingerprint density at radius 1 is 1.15 bits per heavy atom. The third-order valence-electron chi connectivity index (χ3n) is 9.44. The molecule has 7 nitrogen and oxygen atoms in total. The lowest BCUT2D eigenvalue weighted by Gasteiger charge is -2.32. The van der Waals surface area contributed by atoms with E-state index in [0.717, 1.165) is 24.1 Å². The average molecular weight is 658 g/mol. The van der Waals surface area contributed by atoms with Crippen molar-refractivity contribution in [3.05, 3.63) is 76.4 Å². The van der Waals surface area contributed by atoms with Crippen molar-refractivity contribution in [2.45, 2.75) is 43.8 Å². The molecule has 8 rings (SSSR count). The molecule has 3 aromatic carbocycles. The van der Waals surface area contributed by atoms with Crippen molar-refractivity contribution in [1.82, 2.24) is 19.9 Å². The van der Waals surface area contributed by atoms with E-state index in [4.69, 9.17) is 25.5 Å². The van der Waals surface area contributed by atoms with E-state index >= 15 is 4.39 Å². The van der Waals surface area contributed by atoms with E-state index in [0.29, 0.717) is 36.3 Å². The number of ether oxygens (including phenoxy) is 1. The minimum absolute atomic E-state index is 0.0400. The standard InChI is InChI=1S/C36H29ClF3N5O2/c1-2-25-28(39)8-6-21-14-24(46)15-26(30(21)25)32-31(40)33-27(17-41-32)34(45-12-3-5-20-13-22(37)7-9-29(20)45)43-35(42-33)47-19-36-10-4-11-44(36)18-23(38)16-36/h1,6-9,13-15,17,23,46H,3-5,10-12,16,18-19H2/t23-,36+/m1/s1/i19D2. The summed E-state index contributed by atoms with van der Waals surface area (Å²) in [5, 5.41) is 11.9. The van der Waals surface area contributed by atoms with Gasteiger partial charge in [-0.15, -0.1) is 6.42 Å². The Labute approximate surface area is 276 Å². The van der Waals surface area contributed by atoms with Crippen molar-refractivity contribution < 1.29 is 25.8 Å². The first-order valence-electron chi connectivity index (χ1n) is 16.4. The summed E-state index contributed by atoms with van der Waals surface area (Å²) < 4.78 is 70.7. The van der Waals surface area contributed by atoms with Crippen LogP contribution >= 0.6 is 11.6 Å². The van der Waals surface area contributed by atoms with Crippen LogP contribution in [0.1, 0.15) is 39.6 Å². The Kier molecular flexibility index (Phi) is 6.61. The molecule has 0 unspecified atom stereocenters. The average Bonchev–Trinajstić information content (AvgIpc) is 3.62. The second kappa shape index (κ2) is 11.3. The maximum absolute atomic E-state index is 17.0. The Morgan fingerprint density at radius 3 is 2.87 bits per heavy atom. The van der Waals surface area contributed by atoms with Crippen molar-refractivity contribution in [2.24, 2.45) is 0 Å². The number of hydrogen-bond acceptors (Lipinski definition) is 7. The second-order valence-corrected chi connectivity index (χ2v) is 12.7. The predicted molar refractivity (Wildman–Crippen MR) is 175 cm³/mol. The third-order valence-corrected chi connectivity index (χ3v) is 9.68. The molecule has 0 saturated carbocycles. The van der Waals surface area contributed by atoms with Gasteiger partial charge < -0.3 is 14.7 Å². The van der Waals surface area contributed by atoms with Crippen LogP contribution in [0, 0.1) is 24.0 Å². The maximum Gasteiger partial charge on any atom is 0.319 e. The lowest BCUT2D eigenvalue weighted by Crippen LogP contribution is -2.43. The van der Waals surface area contributed by atoms with E-state index < -0.39 is 35.9 Å². The number of halogens is 4. The molecule has 11 heteroatoms. The molecule has 2 aromatic heterocycles. The summed E-state index contributed by atoms with van der Waals surface area (Å²) in [6, 6.07) is 10.2. The molecule has 238 valence electrons. The molecule has 0 aliphatic carbocycles. The number of fused-ring (bicyclic) bond motifs is 4. The van der Waals surface area contributed by atoms with Gasteiger partial charge in [-0.1, -0.05) is 23.6 Å². The number of aromatic nitrogens is 3. The summed E-state index contributed by atoms with van der Waals surface area (Å²) in [6.07, 6.45) is 8.31. The molecule has 3 aliphatic rings. The molecule has 0 radical (unpaired) electrons. The van der Waals surface area contributed by atoms with Crippen LogP contribution in [-0.2, 0) is 6.42 Å². The summed E-state index contributed by atoms with van der Waals surface area (Å²) in [5.74, 6) is 0.703. The number of phenolic OH excluding ortho intramolecular Hbond substituents is 1. The lowest BCUT2D eigenvalue weighted by atomic mass is 9.95. The first kappa shape index (κ1) is 27.5. The van der Waals surface area contributed by atoms with Crippen LogP contribution in [0.25, 0.3) is 32.9 Å². The number of phenols is 1. The van der Waals surface area contributed by atoms with E-state index in [9.17, 15) is 13.9 Å². The number of hydrogen-bond donors (Lipinski definition) is 1. The van der Waals surface area contributed by atoms with Gasteiger partial charge in [0.15, 0.2) is 5.82 Å². The molecule has 0 bridgehead atoms. The molecule has 2 fully saturated rings. The highest BCUT2D eigenvalue weighted by atomic mass is 35.5. The number of rotatable bonds is 5. The topological polar surface area (TPSA) is 74.6 Å². The van der Waals surface area contributed by atoms with Crippen LogP contribution in [0.5, 0.6) is 11.8 Å². The predicted octanol–water partition coefficient (Wildman–Crippen LogP) is 7.50. The molecule has 2 atom stereocenters. The quantitative estimate of drug-likeness (QED) is 0.196.